The van der Waals surface area contributed by atoms with Gasteiger partial charge in [0.15, 0.2) is 5.11 Å². The van der Waals surface area contributed by atoms with Gasteiger partial charge in [0.05, 0.1) is 23.1 Å². The van der Waals surface area contributed by atoms with Crippen LogP contribution in [0, 0.1) is 0 Å². The molecule has 0 aliphatic heterocycles. The summed E-state index contributed by atoms with van der Waals surface area (Å²) < 4.78 is 4.87. The van der Waals surface area contributed by atoms with Gasteiger partial charge in [-0.2, -0.15) is 0 Å². The fraction of sp³-hybridized carbons (Fsp3) is 0.357. The van der Waals surface area contributed by atoms with Gasteiger partial charge < -0.3 is 15.4 Å². The van der Waals surface area contributed by atoms with Gasteiger partial charge >= 0.3 is 5.97 Å². The highest BCUT2D eigenvalue weighted by atomic mass is 35.5. The Morgan fingerprint density at radius 3 is 2.59 bits per heavy atom. The zero-order valence-corrected chi connectivity index (χ0v) is 14.3. The Labute approximate surface area is 144 Å². The average Bonchev–Trinajstić information content (AvgIpc) is 2.46. The zero-order chi connectivity index (χ0) is 16.5. The highest BCUT2D eigenvalue weighted by molar-refractivity contribution is 7.80. The van der Waals surface area contributed by atoms with E-state index in [9.17, 15) is 9.59 Å². The van der Waals surface area contributed by atoms with Gasteiger partial charge in [-0.15, -0.1) is 0 Å². The Balaban J connectivity index is 2.36. The van der Waals surface area contributed by atoms with Crippen molar-refractivity contribution in [2.45, 2.75) is 26.2 Å². The van der Waals surface area contributed by atoms with Crippen LogP contribution in [0.2, 0.25) is 10.0 Å². The lowest BCUT2D eigenvalue weighted by atomic mass is 10.3. The molecule has 1 amide bonds. The normalized spacial score (nSPS) is 9.95. The quantitative estimate of drug-likeness (QED) is 0.598. The molecule has 0 heterocycles. The summed E-state index contributed by atoms with van der Waals surface area (Å²) in [7, 11) is 0. The summed E-state index contributed by atoms with van der Waals surface area (Å²) in [4.78, 5) is 22.9. The number of benzene rings is 1. The van der Waals surface area contributed by atoms with Crippen LogP contribution < -0.4 is 10.6 Å². The molecule has 8 heteroatoms. The van der Waals surface area contributed by atoms with Crippen LogP contribution in [0.15, 0.2) is 18.2 Å². The van der Waals surface area contributed by atoms with Crippen molar-refractivity contribution in [2.24, 2.45) is 0 Å². The maximum atomic E-state index is 11.6. The second-order valence-electron chi connectivity index (χ2n) is 4.35. The molecular formula is C14H16Cl2N2O3S. The number of hydrogen-bond acceptors (Lipinski definition) is 4. The molecule has 0 bridgehead atoms. The molecule has 1 aromatic rings. The first-order valence-corrected chi connectivity index (χ1v) is 7.80. The summed E-state index contributed by atoms with van der Waals surface area (Å²) in [6, 6.07) is 4.87. The van der Waals surface area contributed by atoms with Crippen molar-refractivity contribution in [1.29, 1.82) is 0 Å². The number of halogens is 2. The zero-order valence-electron chi connectivity index (χ0n) is 11.9. The summed E-state index contributed by atoms with van der Waals surface area (Å²) in [6.07, 6.45) is 0.766. The van der Waals surface area contributed by atoms with E-state index in [-0.39, 0.29) is 23.9 Å². The maximum Gasteiger partial charge on any atom is 0.306 e. The van der Waals surface area contributed by atoms with Crippen LogP contribution in [0.5, 0.6) is 0 Å². The van der Waals surface area contributed by atoms with Crippen molar-refractivity contribution >= 4 is 58.1 Å². The second-order valence-corrected chi connectivity index (χ2v) is 5.57. The third-order valence-electron chi connectivity index (χ3n) is 2.45. The number of anilines is 1. The minimum atomic E-state index is -0.402. The number of hydrogen-bond donors (Lipinski definition) is 2. The maximum absolute atomic E-state index is 11.6. The molecule has 0 unspecified atom stereocenters. The third kappa shape index (κ3) is 7.06. The third-order valence-corrected chi connectivity index (χ3v) is 3.40. The lowest BCUT2D eigenvalue weighted by Gasteiger charge is -2.10. The van der Waals surface area contributed by atoms with Gasteiger partial charge in [-0.25, -0.2) is 0 Å². The van der Waals surface area contributed by atoms with Crippen LogP contribution in [0.25, 0.3) is 0 Å². The number of rotatable bonds is 6. The number of nitrogens with one attached hydrogen (secondary N) is 2. The predicted octanol–water partition coefficient (Wildman–Crippen LogP) is 3.54. The Kier molecular flexibility index (Phi) is 8.16. The molecule has 2 N–H and O–H groups in total. The smallest absolute Gasteiger partial charge is 0.306 e. The Morgan fingerprint density at radius 2 is 1.95 bits per heavy atom. The Hall–Kier alpha value is -1.37. The number of thiocarbonyl (C=S) groups is 1. The average molecular weight is 363 g/mol. The molecule has 0 spiro atoms. The molecule has 22 heavy (non-hydrogen) atoms. The van der Waals surface area contributed by atoms with Crippen molar-refractivity contribution in [3.05, 3.63) is 28.2 Å². The fourth-order valence-electron chi connectivity index (χ4n) is 1.43. The first-order valence-electron chi connectivity index (χ1n) is 6.64. The van der Waals surface area contributed by atoms with Gasteiger partial charge in [0.2, 0.25) is 5.91 Å². The first-order chi connectivity index (χ1) is 10.4. The van der Waals surface area contributed by atoms with Gasteiger partial charge in [-0.1, -0.05) is 30.1 Å². The van der Waals surface area contributed by atoms with E-state index < -0.39 is 5.97 Å². The van der Waals surface area contributed by atoms with Crippen LogP contribution in [0.4, 0.5) is 5.69 Å². The molecule has 0 radical (unpaired) electrons. The topological polar surface area (TPSA) is 67.4 Å². The summed E-state index contributed by atoms with van der Waals surface area (Å²) in [6.45, 7) is 2.25. The van der Waals surface area contributed by atoms with E-state index >= 15 is 0 Å². The molecule has 0 atom stereocenters. The summed E-state index contributed by atoms with van der Waals surface area (Å²) in [5.41, 5.74) is 0.599. The highest BCUT2D eigenvalue weighted by Gasteiger charge is 2.09. The second kappa shape index (κ2) is 9.61. The number of esters is 1. The van der Waals surface area contributed by atoms with Crippen LogP contribution in [0.3, 0.4) is 0 Å². The Bertz CT molecular complexity index is 567. The molecule has 0 aromatic heterocycles. The monoisotopic (exact) mass is 362 g/mol. The minimum absolute atomic E-state index is 0.00570. The largest absolute Gasteiger partial charge is 0.466 e. The van der Waals surface area contributed by atoms with Crippen LogP contribution in [0.1, 0.15) is 26.2 Å². The predicted molar refractivity (Wildman–Crippen MR) is 91.3 cm³/mol. The van der Waals surface area contributed by atoms with Crippen molar-refractivity contribution in [1.82, 2.24) is 5.32 Å². The minimum Gasteiger partial charge on any atom is -0.466 e. The summed E-state index contributed by atoms with van der Waals surface area (Å²) in [5, 5.41) is 6.19. The molecule has 0 aliphatic carbocycles. The van der Waals surface area contributed by atoms with Crippen molar-refractivity contribution in [2.75, 3.05) is 11.9 Å². The molecule has 0 saturated carbocycles. The van der Waals surface area contributed by atoms with Gasteiger partial charge in [-0.05, 0) is 36.8 Å². The van der Waals surface area contributed by atoms with E-state index in [1.54, 1.807) is 18.2 Å². The van der Waals surface area contributed by atoms with Crippen molar-refractivity contribution < 1.29 is 14.3 Å². The van der Waals surface area contributed by atoms with Gasteiger partial charge in [0.1, 0.15) is 0 Å². The van der Waals surface area contributed by atoms with Crippen LogP contribution >= 0.6 is 35.4 Å². The van der Waals surface area contributed by atoms with Gasteiger partial charge in [-0.3, -0.25) is 9.59 Å². The van der Waals surface area contributed by atoms with Crippen molar-refractivity contribution in [3.8, 4) is 0 Å². The lowest BCUT2D eigenvalue weighted by molar-refractivity contribution is -0.144. The molecule has 120 valence electrons. The molecule has 1 rings (SSSR count). The van der Waals surface area contributed by atoms with Crippen LogP contribution in [-0.4, -0.2) is 23.6 Å². The number of carbonyl (C=O) groups excluding carboxylic acids is 2. The fourth-order valence-corrected chi connectivity index (χ4v) is 1.96. The lowest BCUT2D eigenvalue weighted by Crippen LogP contribution is -2.34. The first kappa shape index (κ1) is 18.7. The van der Waals surface area contributed by atoms with Gasteiger partial charge in [0.25, 0.3) is 0 Å². The number of carbonyl (C=O) groups is 2. The van der Waals surface area contributed by atoms with E-state index in [0.29, 0.717) is 22.3 Å². The van der Waals surface area contributed by atoms with Crippen LogP contribution in [-0.2, 0) is 14.3 Å². The van der Waals surface area contributed by atoms with E-state index in [4.69, 9.17) is 40.2 Å². The molecular weight excluding hydrogens is 347 g/mol. The number of amides is 1. The SMILES string of the molecule is CCCOC(=O)CCC(=O)NC(=S)Nc1ccc(Cl)c(Cl)c1. The van der Waals surface area contributed by atoms with E-state index in [0.717, 1.165) is 6.42 Å². The molecule has 5 nitrogen and oxygen atoms in total. The highest BCUT2D eigenvalue weighted by Crippen LogP contribution is 2.24. The molecule has 0 fully saturated rings. The standard InChI is InChI=1S/C14H16Cl2N2O3S/c1-2-7-21-13(20)6-5-12(19)18-14(22)17-9-3-4-10(15)11(16)8-9/h3-4,8H,2,5-7H2,1H3,(H2,17,18,19,22). The molecule has 1 aromatic carbocycles. The van der Waals surface area contributed by atoms with E-state index in [1.165, 1.54) is 0 Å². The van der Waals surface area contributed by atoms with Crippen molar-refractivity contribution in [3.63, 3.8) is 0 Å². The van der Waals surface area contributed by atoms with E-state index in [2.05, 4.69) is 10.6 Å². The Morgan fingerprint density at radius 1 is 1.23 bits per heavy atom. The summed E-state index contributed by atoms with van der Waals surface area (Å²) >= 11 is 16.7. The van der Waals surface area contributed by atoms with Gasteiger partial charge in [0, 0.05) is 12.1 Å². The number of ether oxygens (including phenoxy) is 1. The summed E-state index contributed by atoms with van der Waals surface area (Å²) in [5.74, 6) is -0.772. The van der Waals surface area contributed by atoms with E-state index in [1.807, 2.05) is 6.92 Å². The molecule has 0 aliphatic rings. The molecule has 0 saturated heterocycles.